The number of fused-ring (bicyclic) bond motifs is 2. The molecule has 8 nitrogen and oxygen atoms in total. The van der Waals surface area contributed by atoms with E-state index in [0.29, 0.717) is 23.8 Å². The van der Waals surface area contributed by atoms with Crippen molar-refractivity contribution < 1.29 is 4.79 Å². The van der Waals surface area contributed by atoms with Gasteiger partial charge >= 0.3 is 0 Å². The predicted molar refractivity (Wildman–Crippen MR) is 98.9 cm³/mol. The van der Waals surface area contributed by atoms with Gasteiger partial charge in [-0.1, -0.05) is 27.3 Å². The number of carbonyl (C=O) groups excluding carboxylic acids is 1. The first-order valence-corrected chi connectivity index (χ1v) is 9.62. The number of aromatic nitrogens is 6. The lowest BCUT2D eigenvalue weighted by molar-refractivity contribution is 0.0683. The molecule has 5 rings (SSSR count). The Balaban J connectivity index is 1.64. The molecular formula is C16H12BrN7OS. The lowest BCUT2D eigenvalue weighted by atomic mass is 10.0. The molecule has 0 bridgehead atoms. The van der Waals surface area contributed by atoms with Gasteiger partial charge in [0.1, 0.15) is 17.4 Å². The van der Waals surface area contributed by atoms with Crippen LogP contribution in [0, 0.1) is 0 Å². The third-order valence-electron chi connectivity index (χ3n) is 4.45. The molecule has 3 aromatic heterocycles. The molecule has 1 aromatic carbocycles. The molecule has 0 saturated carbocycles. The van der Waals surface area contributed by atoms with E-state index in [4.69, 9.17) is 4.98 Å². The van der Waals surface area contributed by atoms with Crippen LogP contribution < -0.4 is 0 Å². The monoisotopic (exact) mass is 429 g/mol. The normalized spacial score (nSPS) is 16.8. The van der Waals surface area contributed by atoms with Crippen LogP contribution in [0.1, 0.15) is 33.1 Å². The van der Waals surface area contributed by atoms with E-state index in [-0.39, 0.29) is 5.91 Å². The van der Waals surface area contributed by atoms with Gasteiger partial charge in [-0.05, 0) is 18.2 Å². The highest BCUT2D eigenvalue weighted by Crippen LogP contribution is 2.34. The molecule has 130 valence electrons. The lowest BCUT2D eigenvalue weighted by Crippen LogP contribution is -2.41. The first-order chi connectivity index (χ1) is 12.7. The molecule has 1 aliphatic rings. The summed E-state index contributed by atoms with van der Waals surface area (Å²) in [6.07, 6.45) is 2.37. The molecule has 0 unspecified atom stereocenters. The van der Waals surface area contributed by atoms with Crippen molar-refractivity contribution in [3.8, 4) is 0 Å². The third-order valence-corrected chi connectivity index (χ3v) is 5.62. The Labute approximate surface area is 159 Å². The number of nitrogens with zero attached hydrogens (tertiary/aromatic N) is 5. The van der Waals surface area contributed by atoms with Gasteiger partial charge in [0.2, 0.25) is 5.01 Å². The first kappa shape index (κ1) is 15.6. The Bertz CT molecular complexity index is 1100. The largest absolute Gasteiger partial charge is 0.348 e. The highest BCUT2D eigenvalue weighted by Gasteiger charge is 2.37. The summed E-state index contributed by atoms with van der Waals surface area (Å²) in [7, 11) is 0. The number of hydrogen-bond donors (Lipinski definition) is 2. The molecule has 4 aromatic rings. The van der Waals surface area contributed by atoms with Crippen LogP contribution in [-0.2, 0) is 6.42 Å². The van der Waals surface area contributed by atoms with Crippen LogP contribution in [-0.4, -0.2) is 47.5 Å². The summed E-state index contributed by atoms with van der Waals surface area (Å²) in [6, 6.07) is 5.45. The van der Waals surface area contributed by atoms with Crippen LogP contribution in [0.3, 0.4) is 0 Å². The van der Waals surface area contributed by atoms with Gasteiger partial charge < -0.3 is 14.9 Å². The van der Waals surface area contributed by atoms with Gasteiger partial charge in [-0.25, -0.2) is 9.97 Å². The summed E-state index contributed by atoms with van der Waals surface area (Å²) < 4.78 is 0.964. The van der Waals surface area contributed by atoms with Gasteiger partial charge in [-0.2, -0.15) is 0 Å². The second-order valence-corrected chi connectivity index (χ2v) is 7.69. The maximum absolute atomic E-state index is 13.0. The smallest absolute Gasteiger partial charge is 0.285 e. The summed E-state index contributed by atoms with van der Waals surface area (Å²) >= 11 is 4.71. The summed E-state index contributed by atoms with van der Waals surface area (Å²) in [5.41, 5.74) is 5.14. The summed E-state index contributed by atoms with van der Waals surface area (Å²) in [4.78, 5) is 30.4. The minimum absolute atomic E-state index is 0.159. The van der Waals surface area contributed by atoms with Gasteiger partial charge in [0.05, 0.1) is 23.1 Å². The van der Waals surface area contributed by atoms with E-state index < -0.39 is 6.04 Å². The van der Waals surface area contributed by atoms with E-state index in [9.17, 15) is 4.79 Å². The van der Waals surface area contributed by atoms with E-state index in [1.165, 1.54) is 11.3 Å². The van der Waals surface area contributed by atoms with Crippen molar-refractivity contribution in [3.63, 3.8) is 0 Å². The second kappa shape index (κ2) is 5.99. The van der Waals surface area contributed by atoms with Crippen LogP contribution in [0.25, 0.3) is 11.0 Å². The number of halogens is 1. The van der Waals surface area contributed by atoms with Crippen LogP contribution >= 0.6 is 27.3 Å². The zero-order valence-electron chi connectivity index (χ0n) is 13.3. The number of imidazole rings is 2. The zero-order valence-corrected chi connectivity index (χ0v) is 15.7. The molecule has 1 atom stereocenters. The Morgan fingerprint density at radius 3 is 3.15 bits per heavy atom. The third kappa shape index (κ3) is 2.44. The molecular weight excluding hydrogens is 418 g/mol. The number of carbonyl (C=O) groups is 1. The summed E-state index contributed by atoms with van der Waals surface area (Å²) in [6.45, 7) is 0.555. The van der Waals surface area contributed by atoms with E-state index in [1.807, 2.05) is 18.2 Å². The maximum atomic E-state index is 13.0. The van der Waals surface area contributed by atoms with Crippen molar-refractivity contribution >= 4 is 44.2 Å². The van der Waals surface area contributed by atoms with Gasteiger partial charge in [0.15, 0.2) is 0 Å². The number of aromatic amines is 2. The van der Waals surface area contributed by atoms with Gasteiger partial charge in [0.25, 0.3) is 5.91 Å². The molecule has 10 heteroatoms. The van der Waals surface area contributed by atoms with E-state index >= 15 is 0 Å². The Hall–Kier alpha value is -2.59. The molecule has 1 amide bonds. The molecule has 26 heavy (non-hydrogen) atoms. The number of nitrogens with one attached hydrogen (secondary N) is 2. The van der Waals surface area contributed by atoms with E-state index in [2.05, 4.69) is 41.1 Å². The lowest BCUT2D eigenvalue weighted by Gasteiger charge is -2.33. The van der Waals surface area contributed by atoms with E-state index in [1.54, 1.807) is 16.7 Å². The number of benzene rings is 1. The molecule has 0 saturated heterocycles. The molecule has 0 radical (unpaired) electrons. The highest BCUT2D eigenvalue weighted by atomic mass is 79.9. The number of amides is 1. The fraction of sp³-hybridized carbons (Fsp3) is 0.188. The van der Waals surface area contributed by atoms with Crippen molar-refractivity contribution in [2.24, 2.45) is 0 Å². The fourth-order valence-electron chi connectivity index (χ4n) is 3.29. The molecule has 0 spiro atoms. The quantitative estimate of drug-likeness (QED) is 0.509. The van der Waals surface area contributed by atoms with Crippen molar-refractivity contribution in [2.45, 2.75) is 12.5 Å². The minimum Gasteiger partial charge on any atom is -0.348 e. The number of H-pyrrole nitrogens is 2. The topological polar surface area (TPSA) is 103 Å². The minimum atomic E-state index is -0.396. The molecule has 1 aliphatic heterocycles. The van der Waals surface area contributed by atoms with Crippen LogP contribution in [0.4, 0.5) is 0 Å². The van der Waals surface area contributed by atoms with Gasteiger partial charge in [0, 0.05) is 23.1 Å². The van der Waals surface area contributed by atoms with Crippen molar-refractivity contribution in [3.05, 3.63) is 56.7 Å². The first-order valence-electron chi connectivity index (χ1n) is 7.95. The SMILES string of the molecule is O=C(c1nncs1)N1CCc2[nH]cnc2[C@H]1c1nc2ccc(Br)cc2[nH]1. The van der Waals surface area contributed by atoms with Crippen molar-refractivity contribution in [1.82, 2.24) is 35.0 Å². The number of hydrogen-bond acceptors (Lipinski definition) is 6. The standard InChI is InChI=1S/C16H12BrN7OS/c17-8-1-2-9-11(5-8)22-14(21-9)13-12-10(18-6-19-12)3-4-24(13)16(25)15-23-20-7-26-15/h1-2,5-7,13H,3-4H2,(H,18,19)(H,21,22)/t13-/m0/s1. The highest BCUT2D eigenvalue weighted by molar-refractivity contribution is 9.10. The Kier molecular flexibility index (Phi) is 3.61. The predicted octanol–water partition coefficient (Wildman–Crippen LogP) is 2.69. The fourth-order valence-corrected chi connectivity index (χ4v) is 4.16. The Morgan fingerprint density at radius 1 is 1.38 bits per heavy atom. The second-order valence-electron chi connectivity index (χ2n) is 5.94. The Morgan fingerprint density at radius 2 is 2.31 bits per heavy atom. The number of rotatable bonds is 2. The molecule has 2 N–H and O–H groups in total. The van der Waals surface area contributed by atoms with Gasteiger partial charge in [-0.3, -0.25) is 4.79 Å². The van der Waals surface area contributed by atoms with Gasteiger partial charge in [-0.15, -0.1) is 10.2 Å². The summed E-state index contributed by atoms with van der Waals surface area (Å²) in [5.74, 6) is 0.525. The summed E-state index contributed by atoms with van der Waals surface area (Å²) in [5, 5.41) is 8.08. The van der Waals surface area contributed by atoms with Crippen LogP contribution in [0.2, 0.25) is 0 Å². The molecule has 0 aliphatic carbocycles. The average Bonchev–Trinajstić information content (AvgIpc) is 3.38. The zero-order chi connectivity index (χ0) is 17.7. The molecule has 4 heterocycles. The average molecular weight is 430 g/mol. The van der Waals surface area contributed by atoms with E-state index in [0.717, 1.165) is 26.9 Å². The van der Waals surface area contributed by atoms with Crippen molar-refractivity contribution in [2.75, 3.05) is 6.54 Å². The van der Waals surface area contributed by atoms with Crippen molar-refractivity contribution in [1.29, 1.82) is 0 Å². The van der Waals surface area contributed by atoms with Crippen LogP contribution in [0.15, 0.2) is 34.5 Å². The van der Waals surface area contributed by atoms with Crippen LogP contribution in [0.5, 0.6) is 0 Å². The maximum Gasteiger partial charge on any atom is 0.285 e. The molecule has 0 fully saturated rings.